The maximum Gasteiger partial charge on any atom is 0.336 e. The van der Waals surface area contributed by atoms with Crippen molar-refractivity contribution in [2.24, 2.45) is 0 Å². The van der Waals surface area contributed by atoms with Crippen LogP contribution >= 0.6 is 0 Å². The molecule has 0 aliphatic rings. The monoisotopic (exact) mass is 286 g/mol. The van der Waals surface area contributed by atoms with Crippen molar-refractivity contribution in [2.45, 2.75) is 13.5 Å². The summed E-state index contributed by atoms with van der Waals surface area (Å²) in [5.41, 5.74) is 0.204. The Kier molecular flexibility index (Phi) is 4.56. The molecule has 21 heavy (non-hydrogen) atoms. The SMILES string of the molecule is C/C=C/C=C/C(=O)OCc1cc(=O)oc2cc(O)ccc12. The number of allylic oxidation sites excluding steroid dienone is 3. The molecule has 5 heteroatoms. The van der Waals surface area contributed by atoms with Crippen molar-refractivity contribution in [2.75, 3.05) is 0 Å². The van der Waals surface area contributed by atoms with E-state index in [9.17, 15) is 14.7 Å². The highest BCUT2D eigenvalue weighted by Crippen LogP contribution is 2.22. The Hall–Kier alpha value is -2.82. The Morgan fingerprint density at radius 1 is 1.33 bits per heavy atom. The molecule has 108 valence electrons. The van der Waals surface area contributed by atoms with Crippen LogP contribution in [0.1, 0.15) is 12.5 Å². The van der Waals surface area contributed by atoms with Gasteiger partial charge in [-0.1, -0.05) is 18.2 Å². The lowest BCUT2D eigenvalue weighted by Gasteiger charge is -2.05. The number of hydrogen-bond donors (Lipinski definition) is 1. The standard InChI is InChI=1S/C16H14O5/c1-2-3-4-5-15(18)20-10-11-8-16(19)21-14-9-12(17)6-7-13(11)14/h2-9,17H,10H2,1H3/b3-2+,5-4+. The van der Waals surface area contributed by atoms with E-state index >= 15 is 0 Å². The highest BCUT2D eigenvalue weighted by Gasteiger charge is 2.08. The van der Waals surface area contributed by atoms with Gasteiger partial charge in [0.25, 0.3) is 0 Å². The number of esters is 1. The molecule has 1 aromatic carbocycles. The van der Waals surface area contributed by atoms with E-state index in [0.29, 0.717) is 10.9 Å². The molecule has 0 fully saturated rings. The Labute approximate surface area is 120 Å². The first-order valence-corrected chi connectivity index (χ1v) is 6.32. The van der Waals surface area contributed by atoms with Crippen LogP contribution in [0.3, 0.4) is 0 Å². The topological polar surface area (TPSA) is 76.7 Å². The molecule has 2 aromatic rings. The summed E-state index contributed by atoms with van der Waals surface area (Å²) in [7, 11) is 0. The summed E-state index contributed by atoms with van der Waals surface area (Å²) in [6, 6.07) is 5.68. The van der Waals surface area contributed by atoms with Gasteiger partial charge < -0.3 is 14.3 Å². The zero-order valence-corrected chi connectivity index (χ0v) is 11.4. The average Bonchev–Trinajstić information content (AvgIpc) is 2.44. The van der Waals surface area contributed by atoms with Crippen molar-refractivity contribution >= 4 is 16.9 Å². The molecule has 0 radical (unpaired) electrons. The van der Waals surface area contributed by atoms with E-state index in [2.05, 4.69) is 0 Å². The molecule has 2 rings (SSSR count). The summed E-state index contributed by atoms with van der Waals surface area (Å²) < 4.78 is 10.1. The third kappa shape index (κ3) is 3.82. The van der Waals surface area contributed by atoms with E-state index in [1.807, 2.05) is 6.92 Å². The molecule has 1 heterocycles. The third-order valence-electron chi connectivity index (χ3n) is 2.72. The molecule has 1 N–H and O–H groups in total. The Morgan fingerprint density at radius 2 is 2.14 bits per heavy atom. The number of phenols is 1. The van der Waals surface area contributed by atoms with E-state index in [4.69, 9.17) is 9.15 Å². The predicted octanol–water partition coefficient (Wildman–Crippen LogP) is 2.67. The normalized spacial score (nSPS) is 11.5. The van der Waals surface area contributed by atoms with Crippen molar-refractivity contribution in [3.63, 3.8) is 0 Å². The summed E-state index contributed by atoms with van der Waals surface area (Å²) in [4.78, 5) is 22.9. The van der Waals surface area contributed by atoms with E-state index in [-0.39, 0.29) is 17.9 Å². The van der Waals surface area contributed by atoms with Gasteiger partial charge in [-0.25, -0.2) is 9.59 Å². The van der Waals surface area contributed by atoms with Gasteiger partial charge in [0, 0.05) is 29.2 Å². The number of rotatable bonds is 4. The highest BCUT2D eigenvalue weighted by atomic mass is 16.5. The number of carbonyl (C=O) groups is 1. The number of carbonyl (C=O) groups excluding carboxylic acids is 1. The minimum atomic E-state index is -0.566. The van der Waals surface area contributed by atoms with Crippen LogP contribution in [-0.4, -0.2) is 11.1 Å². The molecule has 0 amide bonds. The number of benzene rings is 1. The summed E-state index contributed by atoms with van der Waals surface area (Å²) >= 11 is 0. The molecule has 0 bridgehead atoms. The highest BCUT2D eigenvalue weighted by molar-refractivity contribution is 5.84. The van der Waals surface area contributed by atoms with Gasteiger partial charge in [-0.2, -0.15) is 0 Å². The van der Waals surface area contributed by atoms with Crippen molar-refractivity contribution in [1.82, 2.24) is 0 Å². The average molecular weight is 286 g/mol. The fourth-order valence-corrected chi connectivity index (χ4v) is 1.78. The lowest BCUT2D eigenvalue weighted by atomic mass is 10.1. The molecule has 1 aromatic heterocycles. The molecule has 0 saturated heterocycles. The van der Waals surface area contributed by atoms with Crippen LogP contribution in [0.4, 0.5) is 0 Å². The first kappa shape index (κ1) is 14.6. The molecule has 0 aliphatic heterocycles. The van der Waals surface area contributed by atoms with Crippen LogP contribution in [0.2, 0.25) is 0 Å². The van der Waals surface area contributed by atoms with E-state index in [1.54, 1.807) is 24.3 Å². The van der Waals surface area contributed by atoms with Crippen LogP contribution in [0.5, 0.6) is 5.75 Å². The maximum absolute atomic E-state index is 11.5. The van der Waals surface area contributed by atoms with Gasteiger partial charge in [0.15, 0.2) is 0 Å². The molecular formula is C16H14O5. The second kappa shape index (κ2) is 6.56. The Balaban J connectivity index is 2.22. The van der Waals surface area contributed by atoms with Crippen molar-refractivity contribution in [3.05, 3.63) is 64.6 Å². The predicted molar refractivity (Wildman–Crippen MR) is 77.9 cm³/mol. The molecule has 0 aliphatic carbocycles. The zero-order valence-electron chi connectivity index (χ0n) is 11.4. The summed E-state index contributed by atoms with van der Waals surface area (Å²) in [6.07, 6.45) is 6.35. The minimum Gasteiger partial charge on any atom is -0.508 e. The molecule has 0 spiro atoms. The minimum absolute atomic E-state index is 0.00548. The van der Waals surface area contributed by atoms with Gasteiger partial charge in [0.2, 0.25) is 0 Å². The first-order chi connectivity index (χ1) is 10.1. The van der Waals surface area contributed by atoms with Crippen molar-refractivity contribution in [1.29, 1.82) is 0 Å². The lowest BCUT2D eigenvalue weighted by Crippen LogP contribution is -2.05. The van der Waals surface area contributed by atoms with Crippen LogP contribution in [-0.2, 0) is 16.1 Å². The largest absolute Gasteiger partial charge is 0.508 e. The molecule has 0 atom stereocenters. The fraction of sp³-hybridized carbons (Fsp3) is 0.125. The Morgan fingerprint density at radius 3 is 2.90 bits per heavy atom. The number of aromatic hydroxyl groups is 1. The third-order valence-corrected chi connectivity index (χ3v) is 2.72. The van der Waals surface area contributed by atoms with Crippen LogP contribution < -0.4 is 5.63 Å². The van der Waals surface area contributed by atoms with Gasteiger partial charge in [0.1, 0.15) is 17.9 Å². The van der Waals surface area contributed by atoms with Crippen LogP contribution in [0.25, 0.3) is 11.0 Å². The number of ether oxygens (including phenoxy) is 1. The maximum atomic E-state index is 11.5. The number of phenolic OH excluding ortho intramolecular Hbond substituents is 1. The van der Waals surface area contributed by atoms with Crippen molar-refractivity contribution < 1.29 is 19.1 Å². The van der Waals surface area contributed by atoms with E-state index in [1.165, 1.54) is 24.3 Å². The van der Waals surface area contributed by atoms with E-state index in [0.717, 1.165) is 0 Å². The van der Waals surface area contributed by atoms with Gasteiger partial charge in [-0.05, 0) is 19.1 Å². The van der Waals surface area contributed by atoms with Gasteiger partial charge >= 0.3 is 11.6 Å². The second-order valence-electron chi connectivity index (χ2n) is 4.26. The fourth-order valence-electron chi connectivity index (χ4n) is 1.78. The summed E-state index contributed by atoms with van der Waals surface area (Å²) in [5.74, 6) is -0.512. The Bertz CT molecular complexity index is 768. The van der Waals surface area contributed by atoms with Gasteiger partial charge in [-0.15, -0.1) is 0 Å². The molecule has 5 nitrogen and oxygen atoms in total. The zero-order chi connectivity index (χ0) is 15.2. The lowest BCUT2D eigenvalue weighted by molar-refractivity contribution is -0.138. The van der Waals surface area contributed by atoms with Gasteiger partial charge in [-0.3, -0.25) is 0 Å². The molecule has 0 unspecified atom stereocenters. The molecule has 0 saturated carbocycles. The smallest absolute Gasteiger partial charge is 0.336 e. The first-order valence-electron chi connectivity index (χ1n) is 6.32. The number of hydrogen-bond acceptors (Lipinski definition) is 5. The van der Waals surface area contributed by atoms with Gasteiger partial charge in [0.05, 0.1) is 0 Å². The molecular weight excluding hydrogens is 272 g/mol. The summed E-state index contributed by atoms with van der Waals surface area (Å²) in [6.45, 7) is 1.78. The van der Waals surface area contributed by atoms with Crippen LogP contribution in [0, 0.1) is 0 Å². The number of fused-ring (bicyclic) bond motifs is 1. The van der Waals surface area contributed by atoms with E-state index < -0.39 is 11.6 Å². The summed E-state index contributed by atoms with van der Waals surface area (Å²) in [5, 5.41) is 10.00. The second-order valence-corrected chi connectivity index (χ2v) is 4.26. The van der Waals surface area contributed by atoms with Crippen LogP contribution in [0.15, 0.2) is 57.8 Å². The quantitative estimate of drug-likeness (QED) is 0.404. The van der Waals surface area contributed by atoms with Crippen molar-refractivity contribution in [3.8, 4) is 5.75 Å².